The highest BCUT2D eigenvalue weighted by Crippen LogP contribution is 2.32. The van der Waals surface area contributed by atoms with Crippen LogP contribution in [-0.4, -0.2) is 31.9 Å². The summed E-state index contributed by atoms with van der Waals surface area (Å²) in [5.41, 5.74) is 0.805. The monoisotopic (exact) mass is 334 g/mol. The number of rotatable bonds is 5. The second kappa shape index (κ2) is 7.21. The number of carbonyl (C=O) groups excluding carboxylic acids is 1. The van der Waals surface area contributed by atoms with Gasteiger partial charge in [-0.3, -0.25) is 4.79 Å². The molecular formula is C16H22N4O2S. The van der Waals surface area contributed by atoms with Gasteiger partial charge < -0.3 is 14.4 Å². The van der Waals surface area contributed by atoms with Crippen molar-refractivity contribution in [1.29, 1.82) is 0 Å². The zero-order valence-electron chi connectivity index (χ0n) is 13.5. The molecule has 23 heavy (non-hydrogen) atoms. The Morgan fingerprint density at radius 3 is 2.83 bits per heavy atom. The van der Waals surface area contributed by atoms with Crippen molar-refractivity contribution in [3.8, 4) is 0 Å². The fraction of sp³-hybridized carbons (Fsp3) is 0.562. The number of aromatic nitrogens is 3. The molecule has 0 unspecified atom stereocenters. The van der Waals surface area contributed by atoms with Gasteiger partial charge in [0.05, 0.1) is 12.1 Å². The van der Waals surface area contributed by atoms with E-state index < -0.39 is 0 Å². The van der Waals surface area contributed by atoms with Crippen LogP contribution in [0.5, 0.6) is 0 Å². The molecule has 3 rings (SSSR count). The van der Waals surface area contributed by atoms with Crippen LogP contribution in [-0.2, 0) is 18.3 Å². The van der Waals surface area contributed by atoms with Crippen molar-refractivity contribution in [3.05, 3.63) is 29.9 Å². The summed E-state index contributed by atoms with van der Waals surface area (Å²) in [6, 6.07) is 2.07. The van der Waals surface area contributed by atoms with Crippen molar-refractivity contribution in [3.63, 3.8) is 0 Å². The van der Waals surface area contributed by atoms with Gasteiger partial charge in [0, 0.05) is 36.8 Å². The molecule has 0 bridgehead atoms. The molecule has 0 atom stereocenters. The van der Waals surface area contributed by atoms with Crippen molar-refractivity contribution >= 4 is 17.7 Å². The Morgan fingerprint density at radius 1 is 1.43 bits per heavy atom. The van der Waals surface area contributed by atoms with Crippen LogP contribution < -0.4 is 5.32 Å². The van der Waals surface area contributed by atoms with Crippen LogP contribution in [0.3, 0.4) is 0 Å². The summed E-state index contributed by atoms with van der Waals surface area (Å²) in [5.74, 6) is 0.639. The van der Waals surface area contributed by atoms with E-state index in [1.165, 1.54) is 0 Å². The average molecular weight is 334 g/mol. The van der Waals surface area contributed by atoms with Crippen molar-refractivity contribution in [2.45, 2.75) is 55.5 Å². The Morgan fingerprint density at radius 2 is 2.22 bits per heavy atom. The van der Waals surface area contributed by atoms with Gasteiger partial charge in [-0.2, -0.15) is 0 Å². The fourth-order valence-electron chi connectivity index (χ4n) is 2.88. The molecule has 0 aliphatic heterocycles. The summed E-state index contributed by atoms with van der Waals surface area (Å²) in [6.07, 6.45) is 8.31. The number of amides is 1. The van der Waals surface area contributed by atoms with E-state index in [1.54, 1.807) is 6.07 Å². The van der Waals surface area contributed by atoms with Crippen LogP contribution in [0, 0.1) is 6.92 Å². The van der Waals surface area contributed by atoms with Gasteiger partial charge >= 0.3 is 0 Å². The summed E-state index contributed by atoms with van der Waals surface area (Å²) in [7, 11) is 2.02. The zero-order chi connectivity index (χ0) is 16.2. The van der Waals surface area contributed by atoms with Crippen LogP contribution >= 0.6 is 11.8 Å². The molecule has 6 nitrogen and oxygen atoms in total. The Balaban J connectivity index is 1.42. The predicted molar refractivity (Wildman–Crippen MR) is 88.2 cm³/mol. The molecular weight excluding hydrogens is 312 g/mol. The lowest BCUT2D eigenvalue weighted by atomic mass is 9.95. The molecule has 1 amide bonds. The van der Waals surface area contributed by atoms with E-state index in [-0.39, 0.29) is 18.4 Å². The number of aryl methyl sites for hydroxylation is 2. The lowest BCUT2D eigenvalue weighted by Gasteiger charge is -2.28. The largest absolute Gasteiger partial charge is 0.361 e. The smallest absolute Gasteiger partial charge is 0.227 e. The van der Waals surface area contributed by atoms with E-state index in [1.807, 2.05) is 38.1 Å². The minimum Gasteiger partial charge on any atom is -0.361 e. The molecule has 2 aromatic rings. The first-order valence-electron chi connectivity index (χ1n) is 7.95. The number of imidazole rings is 1. The van der Waals surface area contributed by atoms with Crippen LogP contribution in [0.15, 0.2) is 28.1 Å². The number of nitrogens with zero attached hydrogens (tertiary/aromatic N) is 3. The molecule has 0 spiro atoms. The van der Waals surface area contributed by atoms with Crippen molar-refractivity contribution in [2.75, 3.05) is 0 Å². The summed E-state index contributed by atoms with van der Waals surface area (Å²) in [4.78, 5) is 16.4. The van der Waals surface area contributed by atoms with Gasteiger partial charge in [-0.1, -0.05) is 16.9 Å². The average Bonchev–Trinajstić information content (AvgIpc) is 3.10. The van der Waals surface area contributed by atoms with Gasteiger partial charge in [0.2, 0.25) is 5.91 Å². The second-order valence-electron chi connectivity index (χ2n) is 6.09. The summed E-state index contributed by atoms with van der Waals surface area (Å²) in [5, 5.41) is 8.57. The molecule has 1 fully saturated rings. The van der Waals surface area contributed by atoms with Crippen LogP contribution in [0.1, 0.15) is 37.1 Å². The highest BCUT2D eigenvalue weighted by Gasteiger charge is 2.24. The number of nitrogens with one attached hydrogen (secondary N) is 1. The third kappa shape index (κ3) is 4.37. The molecule has 0 aromatic carbocycles. The van der Waals surface area contributed by atoms with Gasteiger partial charge in [-0.25, -0.2) is 4.98 Å². The molecule has 1 N–H and O–H groups in total. The zero-order valence-corrected chi connectivity index (χ0v) is 14.3. The lowest BCUT2D eigenvalue weighted by molar-refractivity contribution is -0.121. The summed E-state index contributed by atoms with van der Waals surface area (Å²) < 4.78 is 7.14. The van der Waals surface area contributed by atoms with E-state index in [0.29, 0.717) is 11.0 Å². The number of hydrogen-bond acceptors (Lipinski definition) is 5. The Hall–Kier alpha value is -1.76. The first-order chi connectivity index (χ1) is 11.1. The minimum atomic E-state index is 0.0151. The van der Waals surface area contributed by atoms with E-state index >= 15 is 0 Å². The van der Waals surface area contributed by atoms with Gasteiger partial charge in [-0.05, 0) is 32.6 Å². The molecule has 1 saturated carbocycles. The molecule has 2 aromatic heterocycles. The van der Waals surface area contributed by atoms with E-state index in [0.717, 1.165) is 36.5 Å². The van der Waals surface area contributed by atoms with Crippen molar-refractivity contribution in [2.24, 2.45) is 7.05 Å². The standard InChI is InChI=1S/C16H22N4O2S/c1-11-9-13(22-19-11)10-15(21)18-12-3-5-14(6-4-12)23-16-17-7-8-20(16)2/h7-9,12,14H,3-6,10H2,1-2H3,(H,18,21). The van der Waals surface area contributed by atoms with Crippen LogP contribution in [0.25, 0.3) is 0 Å². The lowest BCUT2D eigenvalue weighted by Crippen LogP contribution is -2.38. The first-order valence-corrected chi connectivity index (χ1v) is 8.83. The molecule has 124 valence electrons. The Bertz CT molecular complexity index is 659. The number of thioether (sulfide) groups is 1. The van der Waals surface area contributed by atoms with Crippen molar-refractivity contribution in [1.82, 2.24) is 20.0 Å². The topological polar surface area (TPSA) is 73.0 Å². The molecule has 7 heteroatoms. The maximum Gasteiger partial charge on any atom is 0.227 e. The second-order valence-corrected chi connectivity index (χ2v) is 7.36. The van der Waals surface area contributed by atoms with E-state index in [2.05, 4.69) is 20.0 Å². The SMILES string of the molecule is Cc1cc(CC(=O)NC2CCC(Sc3nccn3C)CC2)on1. The van der Waals surface area contributed by atoms with Gasteiger partial charge in [0.25, 0.3) is 0 Å². The van der Waals surface area contributed by atoms with Crippen LogP contribution in [0.4, 0.5) is 0 Å². The molecule has 2 heterocycles. The predicted octanol–water partition coefficient (Wildman–Crippen LogP) is 2.48. The van der Waals surface area contributed by atoms with Crippen molar-refractivity contribution < 1.29 is 9.32 Å². The van der Waals surface area contributed by atoms with Gasteiger partial charge in [0.15, 0.2) is 5.16 Å². The third-order valence-corrected chi connectivity index (χ3v) is 5.51. The summed E-state index contributed by atoms with van der Waals surface area (Å²) >= 11 is 1.84. The number of carbonyl (C=O) groups is 1. The van der Waals surface area contributed by atoms with Gasteiger partial charge in [-0.15, -0.1) is 0 Å². The van der Waals surface area contributed by atoms with Gasteiger partial charge in [0.1, 0.15) is 5.76 Å². The Labute approximate surface area is 140 Å². The number of hydrogen-bond donors (Lipinski definition) is 1. The highest BCUT2D eigenvalue weighted by molar-refractivity contribution is 7.99. The van der Waals surface area contributed by atoms with E-state index in [4.69, 9.17) is 4.52 Å². The van der Waals surface area contributed by atoms with Crippen LogP contribution in [0.2, 0.25) is 0 Å². The van der Waals surface area contributed by atoms with E-state index in [9.17, 15) is 4.79 Å². The molecule has 0 radical (unpaired) electrons. The molecule has 1 aliphatic rings. The molecule has 0 saturated heterocycles. The summed E-state index contributed by atoms with van der Waals surface area (Å²) in [6.45, 7) is 1.85. The molecule has 1 aliphatic carbocycles. The highest BCUT2D eigenvalue weighted by atomic mass is 32.2. The Kier molecular flexibility index (Phi) is 5.05. The minimum absolute atomic E-state index is 0.0151. The quantitative estimate of drug-likeness (QED) is 0.909. The maximum absolute atomic E-state index is 12.1. The first kappa shape index (κ1) is 16.1. The maximum atomic E-state index is 12.1. The fourth-order valence-corrected chi connectivity index (χ4v) is 4.03. The normalized spacial score (nSPS) is 21.3. The third-order valence-electron chi connectivity index (χ3n) is 4.10.